The first kappa shape index (κ1) is 43.0. The first-order valence-electron chi connectivity index (χ1n) is 10.8. The maximum absolute atomic E-state index is 12.1. The van der Waals surface area contributed by atoms with E-state index < -0.39 is 12.0 Å². The van der Waals surface area contributed by atoms with Gasteiger partial charge in [-0.25, -0.2) is 4.72 Å². The summed E-state index contributed by atoms with van der Waals surface area (Å²) in [6.45, 7) is 19.7. The van der Waals surface area contributed by atoms with Crippen LogP contribution in [0.2, 0.25) is 0 Å². The molecule has 1 amide bonds. The van der Waals surface area contributed by atoms with Crippen molar-refractivity contribution in [1.82, 2.24) is 10.0 Å². The number of aliphatic carboxylic acids is 1. The van der Waals surface area contributed by atoms with Crippen LogP contribution in [0.1, 0.15) is 80.6 Å². The molecule has 6 nitrogen and oxygen atoms in total. The van der Waals surface area contributed by atoms with E-state index in [4.69, 9.17) is 4.74 Å². The number of carboxylic acid groups (broad SMARTS) is 1. The van der Waals surface area contributed by atoms with Gasteiger partial charge in [-0.05, 0) is 11.8 Å². The molecule has 0 rings (SSSR count). The Morgan fingerprint density at radius 3 is 2.12 bits per heavy atom. The molecule has 3 N–H and O–H groups in total. The fraction of sp³-hybridized carbons (Fsp3) is 0.792. The molecule has 0 spiro atoms. The van der Waals surface area contributed by atoms with Crippen LogP contribution >= 0.6 is 11.9 Å². The van der Waals surface area contributed by atoms with Gasteiger partial charge in [0.05, 0.1) is 6.61 Å². The number of carboxylic acids is 1. The molecule has 0 saturated heterocycles. The topological polar surface area (TPSA) is 87.7 Å². The van der Waals surface area contributed by atoms with Crippen LogP contribution in [0.3, 0.4) is 0 Å². The molecule has 0 aromatic carbocycles. The van der Waals surface area contributed by atoms with Crippen molar-refractivity contribution < 1.29 is 70.8 Å². The monoisotopic (exact) mass is 502 g/mol. The van der Waals surface area contributed by atoms with E-state index in [0.717, 1.165) is 19.3 Å². The maximum atomic E-state index is 12.1. The summed E-state index contributed by atoms with van der Waals surface area (Å²) in [4.78, 5) is 23.3. The summed E-state index contributed by atoms with van der Waals surface area (Å²) in [6, 6.07) is -0.536. The summed E-state index contributed by atoms with van der Waals surface area (Å²) < 4.78 is 8.67. The van der Waals surface area contributed by atoms with E-state index in [1.54, 1.807) is 0 Å². The van der Waals surface area contributed by atoms with Gasteiger partial charge in [0.2, 0.25) is 5.91 Å². The SMILES string of the molecule is CC.[CH2-]C(C)(C)COCC(C)(C)CC(=O)NCCSNC(CCCCC)C(=O)O.[CH3-].[CH3-].[K+]. The third-order valence-corrected chi connectivity index (χ3v) is 4.63. The van der Waals surface area contributed by atoms with Crippen LogP contribution in [-0.4, -0.2) is 48.5 Å². The predicted octanol–water partition coefficient (Wildman–Crippen LogP) is 2.60. The number of unbranched alkanes of at least 4 members (excludes halogenated alkanes) is 2. The molecule has 190 valence electrons. The summed E-state index contributed by atoms with van der Waals surface area (Å²) in [5.74, 6) is -0.221. The van der Waals surface area contributed by atoms with Gasteiger partial charge in [-0.15, -0.1) is 5.41 Å². The minimum atomic E-state index is -0.824. The first-order valence-corrected chi connectivity index (χ1v) is 11.8. The fourth-order valence-electron chi connectivity index (χ4n) is 2.38. The number of hydrogen-bond acceptors (Lipinski definition) is 5. The van der Waals surface area contributed by atoms with Crippen molar-refractivity contribution in [3.8, 4) is 0 Å². The zero-order valence-corrected chi connectivity index (χ0v) is 26.7. The molecule has 0 saturated carbocycles. The molecular formula is C24H51KN2O4S-2. The molecule has 0 bridgehead atoms. The van der Waals surface area contributed by atoms with Gasteiger partial charge in [0.25, 0.3) is 0 Å². The molecule has 0 aliphatic heterocycles. The summed E-state index contributed by atoms with van der Waals surface area (Å²) in [5.41, 5.74) is -0.374. The van der Waals surface area contributed by atoms with E-state index >= 15 is 0 Å². The van der Waals surface area contributed by atoms with Gasteiger partial charge in [0.1, 0.15) is 6.04 Å². The second-order valence-electron chi connectivity index (χ2n) is 8.70. The molecular weight excluding hydrogens is 451 g/mol. The molecule has 1 unspecified atom stereocenters. The Kier molecular flexibility index (Phi) is 33.5. The van der Waals surface area contributed by atoms with Crippen LogP contribution < -0.4 is 61.4 Å². The predicted molar refractivity (Wildman–Crippen MR) is 137 cm³/mol. The maximum Gasteiger partial charge on any atom is 1.00 e. The Balaban J connectivity index is -0.000000471. The Bertz CT molecular complexity index is 444. The third kappa shape index (κ3) is 28.9. The van der Waals surface area contributed by atoms with Gasteiger partial charge in [-0.1, -0.05) is 79.7 Å². The van der Waals surface area contributed by atoms with E-state index in [9.17, 15) is 14.7 Å². The number of carbonyl (C=O) groups is 2. The Morgan fingerprint density at radius 1 is 1.09 bits per heavy atom. The van der Waals surface area contributed by atoms with Gasteiger partial charge >= 0.3 is 57.4 Å². The summed E-state index contributed by atoms with van der Waals surface area (Å²) in [6.07, 6.45) is 4.02. The molecule has 0 fully saturated rings. The van der Waals surface area contributed by atoms with Gasteiger partial charge < -0.3 is 36.9 Å². The zero-order valence-electron chi connectivity index (χ0n) is 22.7. The van der Waals surface area contributed by atoms with Gasteiger partial charge in [-0.2, -0.15) is 0 Å². The first-order chi connectivity index (χ1) is 13.5. The Morgan fingerprint density at radius 2 is 1.66 bits per heavy atom. The minimum Gasteiger partial charge on any atom is -0.480 e. The van der Waals surface area contributed by atoms with Crippen LogP contribution in [0.15, 0.2) is 0 Å². The molecule has 0 aliphatic rings. The van der Waals surface area contributed by atoms with Crippen molar-refractivity contribution in [3.63, 3.8) is 0 Å². The number of nitrogens with one attached hydrogen (secondary N) is 2. The van der Waals surface area contributed by atoms with Crippen molar-refractivity contribution in [2.45, 2.75) is 86.6 Å². The smallest absolute Gasteiger partial charge is 0.480 e. The Labute approximate surface area is 247 Å². The molecule has 0 radical (unpaired) electrons. The second-order valence-corrected chi connectivity index (χ2v) is 9.63. The number of amides is 1. The number of rotatable bonds is 16. The fourth-order valence-corrected chi connectivity index (χ4v) is 3.13. The van der Waals surface area contributed by atoms with E-state index in [0.29, 0.717) is 38.4 Å². The van der Waals surface area contributed by atoms with Gasteiger partial charge in [0.15, 0.2) is 0 Å². The van der Waals surface area contributed by atoms with E-state index in [-0.39, 0.29) is 83.0 Å². The summed E-state index contributed by atoms with van der Waals surface area (Å²) >= 11 is 1.35. The van der Waals surface area contributed by atoms with Crippen LogP contribution in [0.5, 0.6) is 0 Å². The van der Waals surface area contributed by atoms with E-state index in [1.807, 2.05) is 41.5 Å². The van der Waals surface area contributed by atoms with E-state index in [2.05, 4.69) is 23.9 Å². The number of ether oxygens (including phenoxy) is 1. The standard InChI is InChI=1S/C20H39N2O4S.C2H6.2CH3.K/c1-7-8-9-10-16(18(24)25)22-27-12-11-21-17(23)13-20(5,6)15-26-14-19(2,3)4;1-2;;;/h16,22H,2,7-15H2,1,3-6H3,(H,21,23)(H,24,25);1-2H3;2*1H3;/q-1;;2*-1;+1. The minimum absolute atomic E-state index is 0. The van der Waals surface area contributed by atoms with Gasteiger partial charge in [-0.3, -0.25) is 9.59 Å². The van der Waals surface area contributed by atoms with Crippen LogP contribution in [0, 0.1) is 32.6 Å². The van der Waals surface area contributed by atoms with Gasteiger partial charge in [0, 0.05) is 25.3 Å². The van der Waals surface area contributed by atoms with Crippen LogP contribution in [-0.2, 0) is 14.3 Å². The molecule has 0 aromatic rings. The van der Waals surface area contributed by atoms with Crippen molar-refractivity contribution in [2.75, 3.05) is 25.5 Å². The second kappa shape index (κ2) is 25.0. The molecule has 32 heavy (non-hydrogen) atoms. The number of hydrogen-bond donors (Lipinski definition) is 3. The molecule has 8 heteroatoms. The summed E-state index contributed by atoms with van der Waals surface area (Å²) in [5, 5.41) is 12.1. The number of carbonyl (C=O) groups excluding carboxylic acids is 1. The third-order valence-electron chi connectivity index (χ3n) is 3.77. The zero-order chi connectivity index (χ0) is 22.9. The summed E-state index contributed by atoms with van der Waals surface area (Å²) in [7, 11) is 0. The molecule has 0 aliphatic carbocycles. The Hall–Kier alpha value is 0.846. The quantitative estimate of drug-likeness (QED) is 0.130. The molecule has 0 aromatic heterocycles. The van der Waals surface area contributed by atoms with Crippen molar-refractivity contribution in [2.24, 2.45) is 10.8 Å². The van der Waals surface area contributed by atoms with Crippen molar-refractivity contribution in [1.29, 1.82) is 0 Å². The van der Waals surface area contributed by atoms with Crippen LogP contribution in [0.4, 0.5) is 0 Å². The normalized spacial score (nSPS) is 11.5. The van der Waals surface area contributed by atoms with Crippen LogP contribution in [0.25, 0.3) is 0 Å². The van der Waals surface area contributed by atoms with Crippen molar-refractivity contribution in [3.05, 3.63) is 21.8 Å². The van der Waals surface area contributed by atoms with Crippen molar-refractivity contribution >= 4 is 23.8 Å². The largest absolute Gasteiger partial charge is 1.00 e. The van der Waals surface area contributed by atoms with E-state index in [1.165, 1.54) is 11.9 Å². The molecule has 1 atom stereocenters. The molecule has 0 heterocycles. The average molecular weight is 503 g/mol. The average Bonchev–Trinajstić information content (AvgIpc) is 2.59.